The van der Waals surface area contributed by atoms with E-state index in [9.17, 15) is 4.79 Å². The molecule has 0 aromatic heterocycles. The molecule has 0 aliphatic rings. The van der Waals surface area contributed by atoms with Crippen molar-refractivity contribution in [3.63, 3.8) is 0 Å². The minimum atomic E-state index is -0.455. The fourth-order valence-electron chi connectivity index (χ4n) is 1.03. The van der Waals surface area contributed by atoms with E-state index < -0.39 is 5.97 Å². The summed E-state index contributed by atoms with van der Waals surface area (Å²) in [7, 11) is 0. The molecular weight excluding hydrogens is 272 g/mol. The number of esters is 1. The summed E-state index contributed by atoms with van der Waals surface area (Å²) in [5.41, 5.74) is 0.928. The van der Waals surface area contributed by atoms with Crippen LogP contribution < -0.4 is 0 Å². The van der Waals surface area contributed by atoms with E-state index in [-0.39, 0.29) is 0 Å². The number of carbonyl (C=O) groups excluding carboxylic acids is 1. The standard InChI is InChI=1S/C11H15BrN2O2/c1-4-8(7-13)9(6-10(12)14-3)11(15)16-5-2/h6-7,13H,3-5H2,1-2H3/b9-8-,10-6-,13-7?. The maximum absolute atomic E-state index is 11.6. The topological polar surface area (TPSA) is 62.5 Å². The van der Waals surface area contributed by atoms with E-state index >= 15 is 0 Å². The minimum absolute atomic E-state index is 0.296. The SMILES string of the molecule is C=N/C(Br)=C\C(C(=O)OCC)=C(\C=N)CC. The third-order valence-electron chi connectivity index (χ3n) is 1.81. The first-order valence-corrected chi connectivity index (χ1v) is 5.64. The summed E-state index contributed by atoms with van der Waals surface area (Å²) in [6, 6.07) is 0. The van der Waals surface area contributed by atoms with Crippen molar-refractivity contribution in [3.05, 3.63) is 21.8 Å². The molecule has 5 heteroatoms. The van der Waals surface area contributed by atoms with Gasteiger partial charge in [0.25, 0.3) is 0 Å². The van der Waals surface area contributed by atoms with Crippen molar-refractivity contribution < 1.29 is 9.53 Å². The van der Waals surface area contributed by atoms with Crippen LogP contribution in [-0.4, -0.2) is 25.5 Å². The first kappa shape index (κ1) is 14.8. The fourth-order valence-corrected chi connectivity index (χ4v) is 1.26. The number of ether oxygens (including phenoxy) is 1. The largest absolute Gasteiger partial charge is 0.462 e. The number of nitrogens with zero attached hydrogens (tertiary/aromatic N) is 1. The Labute approximate surface area is 104 Å². The average molecular weight is 287 g/mol. The van der Waals surface area contributed by atoms with Crippen LogP contribution in [-0.2, 0) is 9.53 Å². The highest BCUT2D eigenvalue weighted by atomic mass is 79.9. The predicted octanol–water partition coefficient (Wildman–Crippen LogP) is 2.84. The number of rotatable bonds is 6. The maximum atomic E-state index is 11.6. The minimum Gasteiger partial charge on any atom is -0.462 e. The zero-order valence-corrected chi connectivity index (χ0v) is 11.0. The number of carbonyl (C=O) groups is 1. The van der Waals surface area contributed by atoms with Crippen LogP contribution in [0.1, 0.15) is 20.3 Å². The zero-order valence-electron chi connectivity index (χ0n) is 9.42. The predicted molar refractivity (Wildman–Crippen MR) is 69.3 cm³/mol. The molecule has 16 heavy (non-hydrogen) atoms. The van der Waals surface area contributed by atoms with E-state index in [0.717, 1.165) is 6.21 Å². The second-order valence-corrected chi connectivity index (χ2v) is 3.59. The van der Waals surface area contributed by atoms with Gasteiger partial charge in [0.2, 0.25) is 0 Å². The summed E-state index contributed by atoms with van der Waals surface area (Å²) in [5, 5.41) is 7.24. The molecule has 0 radical (unpaired) electrons. The van der Waals surface area contributed by atoms with E-state index in [4.69, 9.17) is 10.1 Å². The second-order valence-electron chi connectivity index (χ2n) is 2.78. The van der Waals surface area contributed by atoms with Gasteiger partial charge in [0.15, 0.2) is 0 Å². The summed E-state index contributed by atoms with van der Waals surface area (Å²) >= 11 is 3.14. The molecule has 0 aliphatic carbocycles. The molecule has 0 amide bonds. The van der Waals surface area contributed by atoms with E-state index in [0.29, 0.717) is 28.8 Å². The Morgan fingerprint density at radius 1 is 1.56 bits per heavy atom. The summed E-state index contributed by atoms with van der Waals surface area (Å²) in [6.45, 7) is 7.22. The number of allylic oxidation sites excluding steroid dienone is 1. The molecular formula is C11H15BrN2O2. The third kappa shape index (κ3) is 4.53. The van der Waals surface area contributed by atoms with Gasteiger partial charge in [-0.25, -0.2) is 4.79 Å². The monoisotopic (exact) mass is 286 g/mol. The lowest BCUT2D eigenvalue weighted by Gasteiger charge is -2.06. The summed E-state index contributed by atoms with van der Waals surface area (Å²) in [5.74, 6) is -0.455. The highest BCUT2D eigenvalue weighted by Gasteiger charge is 2.12. The van der Waals surface area contributed by atoms with Crippen LogP contribution in [0, 0.1) is 5.41 Å². The van der Waals surface area contributed by atoms with Crippen LogP contribution >= 0.6 is 15.9 Å². The highest BCUT2D eigenvalue weighted by molar-refractivity contribution is 9.11. The van der Waals surface area contributed by atoms with Crippen molar-refractivity contribution in [1.82, 2.24) is 0 Å². The van der Waals surface area contributed by atoms with Gasteiger partial charge in [-0.15, -0.1) is 0 Å². The molecule has 0 aliphatic heterocycles. The Hall–Kier alpha value is -1.23. The van der Waals surface area contributed by atoms with Gasteiger partial charge < -0.3 is 10.1 Å². The van der Waals surface area contributed by atoms with Crippen molar-refractivity contribution in [2.75, 3.05) is 6.61 Å². The lowest BCUT2D eigenvalue weighted by molar-refractivity contribution is -0.138. The first-order chi connectivity index (χ1) is 7.60. The molecule has 0 saturated heterocycles. The second kappa shape index (κ2) is 7.98. The molecule has 0 saturated carbocycles. The smallest absolute Gasteiger partial charge is 0.338 e. The summed E-state index contributed by atoms with van der Waals surface area (Å²) in [4.78, 5) is 15.3. The molecule has 1 N–H and O–H groups in total. The van der Waals surface area contributed by atoms with E-state index in [1.54, 1.807) is 6.92 Å². The van der Waals surface area contributed by atoms with E-state index in [1.807, 2.05) is 6.92 Å². The van der Waals surface area contributed by atoms with Gasteiger partial charge in [0.1, 0.15) is 4.61 Å². The Kier molecular flexibility index (Phi) is 7.37. The average Bonchev–Trinajstić information content (AvgIpc) is 2.29. The van der Waals surface area contributed by atoms with Crippen LogP contribution in [0.2, 0.25) is 0 Å². The van der Waals surface area contributed by atoms with Gasteiger partial charge in [-0.3, -0.25) is 4.99 Å². The van der Waals surface area contributed by atoms with Crippen LogP contribution in [0.3, 0.4) is 0 Å². The Morgan fingerprint density at radius 3 is 2.56 bits per heavy atom. The first-order valence-electron chi connectivity index (χ1n) is 4.85. The molecule has 0 atom stereocenters. The quantitative estimate of drug-likeness (QED) is 0.268. The van der Waals surface area contributed by atoms with Crippen molar-refractivity contribution >= 4 is 34.8 Å². The van der Waals surface area contributed by atoms with Crippen LogP contribution in [0.15, 0.2) is 26.8 Å². The molecule has 4 nitrogen and oxygen atoms in total. The third-order valence-corrected chi connectivity index (χ3v) is 2.29. The van der Waals surface area contributed by atoms with Crippen molar-refractivity contribution in [2.45, 2.75) is 20.3 Å². The van der Waals surface area contributed by atoms with Crippen molar-refractivity contribution in [3.8, 4) is 0 Å². The lowest BCUT2D eigenvalue weighted by atomic mass is 10.1. The molecule has 0 rings (SSSR count). The van der Waals surface area contributed by atoms with Gasteiger partial charge in [-0.1, -0.05) is 6.92 Å². The van der Waals surface area contributed by atoms with Gasteiger partial charge in [0.05, 0.1) is 12.2 Å². The maximum Gasteiger partial charge on any atom is 0.338 e. The lowest BCUT2D eigenvalue weighted by Crippen LogP contribution is -2.09. The Balaban J connectivity index is 5.36. The molecule has 0 bridgehead atoms. The molecule has 0 spiro atoms. The number of hydrogen-bond acceptors (Lipinski definition) is 4. The Bertz CT molecular complexity index is 346. The fraction of sp³-hybridized carbons (Fsp3) is 0.364. The molecule has 0 aromatic rings. The molecule has 88 valence electrons. The van der Waals surface area contributed by atoms with Gasteiger partial charge in [-0.05, 0) is 47.6 Å². The highest BCUT2D eigenvalue weighted by Crippen LogP contribution is 2.16. The molecule has 0 unspecified atom stereocenters. The van der Waals surface area contributed by atoms with Crippen LogP contribution in [0.25, 0.3) is 0 Å². The van der Waals surface area contributed by atoms with Crippen LogP contribution in [0.5, 0.6) is 0 Å². The summed E-state index contributed by atoms with van der Waals surface area (Å²) in [6.07, 6.45) is 3.23. The number of nitrogens with one attached hydrogen (secondary N) is 1. The van der Waals surface area contributed by atoms with Gasteiger partial charge in [-0.2, -0.15) is 0 Å². The van der Waals surface area contributed by atoms with E-state index in [2.05, 4.69) is 27.6 Å². The zero-order chi connectivity index (χ0) is 12.6. The molecule has 0 fully saturated rings. The van der Waals surface area contributed by atoms with Crippen molar-refractivity contribution in [2.24, 2.45) is 4.99 Å². The molecule has 0 heterocycles. The van der Waals surface area contributed by atoms with Gasteiger partial charge in [0, 0.05) is 6.21 Å². The van der Waals surface area contributed by atoms with Crippen LogP contribution in [0.4, 0.5) is 0 Å². The summed E-state index contributed by atoms with van der Waals surface area (Å²) < 4.78 is 5.34. The number of aliphatic imine (C=N–C) groups is 1. The number of halogens is 1. The molecule has 0 aromatic carbocycles. The number of hydrogen-bond donors (Lipinski definition) is 1. The Morgan fingerprint density at radius 2 is 2.19 bits per heavy atom. The van der Waals surface area contributed by atoms with Gasteiger partial charge >= 0.3 is 5.97 Å². The van der Waals surface area contributed by atoms with E-state index in [1.165, 1.54) is 6.08 Å². The van der Waals surface area contributed by atoms with Crippen molar-refractivity contribution in [1.29, 1.82) is 5.41 Å². The normalized spacial score (nSPS) is 12.8.